The predicted molar refractivity (Wildman–Crippen MR) is 104 cm³/mol. The van der Waals surface area contributed by atoms with Gasteiger partial charge in [-0.15, -0.1) is 0 Å². The van der Waals surface area contributed by atoms with Crippen LogP contribution in [0.3, 0.4) is 0 Å². The molecule has 0 aromatic heterocycles. The van der Waals surface area contributed by atoms with E-state index in [4.69, 9.17) is 9.79 Å². The highest BCUT2D eigenvalue weighted by atomic mass is 31.2. The topological polar surface area (TPSA) is 127 Å². The van der Waals surface area contributed by atoms with Crippen molar-refractivity contribution in [2.45, 2.75) is 83.5 Å². The first-order chi connectivity index (χ1) is 12.7. The van der Waals surface area contributed by atoms with E-state index in [-0.39, 0.29) is 12.8 Å². The lowest BCUT2D eigenvalue weighted by Crippen LogP contribution is -2.03. The lowest BCUT2D eigenvalue weighted by molar-refractivity contribution is -0.114. The van der Waals surface area contributed by atoms with Crippen molar-refractivity contribution in [2.24, 2.45) is 0 Å². The molecule has 0 saturated heterocycles. The van der Waals surface area contributed by atoms with E-state index in [2.05, 4.69) is 9.05 Å². The third-order valence-corrected chi connectivity index (χ3v) is 7.06. The van der Waals surface area contributed by atoms with Crippen molar-refractivity contribution in [1.29, 1.82) is 0 Å². The largest absolute Gasteiger partial charge is 0.396 e. The summed E-state index contributed by atoms with van der Waals surface area (Å²) in [6.45, 7) is 0. The quantitative estimate of drug-likeness (QED) is 0.236. The monoisotopic (exact) mass is 428 g/mol. The number of hydrogen-bond acceptors (Lipinski definition) is 6. The third kappa shape index (κ3) is 12.7. The van der Waals surface area contributed by atoms with Crippen LogP contribution in [0.1, 0.15) is 83.5 Å². The summed E-state index contributed by atoms with van der Waals surface area (Å²) in [4.78, 5) is 40.1. The summed E-state index contributed by atoms with van der Waals surface area (Å²) in [6.07, 6.45) is 10.6. The van der Waals surface area contributed by atoms with Crippen molar-refractivity contribution >= 4 is 26.2 Å². The molecule has 0 bridgehead atoms. The molecule has 2 N–H and O–H groups in total. The van der Waals surface area contributed by atoms with Gasteiger partial charge in [-0.1, -0.05) is 57.8 Å². The van der Waals surface area contributed by atoms with E-state index in [1.165, 1.54) is 14.2 Å². The van der Waals surface area contributed by atoms with Crippen LogP contribution >= 0.6 is 15.2 Å². The molecule has 0 radical (unpaired) electrons. The van der Waals surface area contributed by atoms with Gasteiger partial charge in [-0.25, -0.2) is 0 Å². The Morgan fingerprint density at radius 1 is 0.630 bits per heavy atom. The van der Waals surface area contributed by atoms with E-state index in [1.54, 1.807) is 0 Å². The van der Waals surface area contributed by atoms with Gasteiger partial charge in [0, 0.05) is 27.1 Å². The SMILES string of the molecule is COP(=O)(OC)C(=O)CCCCCCCCCCCCCC(=O)P(=O)(O)O. The Hall–Kier alpha value is -0.360. The molecule has 0 saturated carbocycles. The van der Waals surface area contributed by atoms with E-state index in [9.17, 15) is 18.7 Å². The second-order valence-electron chi connectivity index (χ2n) is 6.58. The molecule has 10 heteroatoms. The molecular weight excluding hydrogens is 394 g/mol. The molecule has 0 aliphatic carbocycles. The first-order valence-corrected chi connectivity index (χ1v) is 12.7. The molecule has 160 valence electrons. The first-order valence-electron chi connectivity index (χ1n) is 9.51. The maximum atomic E-state index is 11.8. The van der Waals surface area contributed by atoms with Gasteiger partial charge in [0.15, 0.2) is 0 Å². The average molecular weight is 428 g/mol. The molecule has 0 aliphatic rings. The smallest absolute Gasteiger partial charge is 0.319 e. The first kappa shape index (κ1) is 26.6. The van der Waals surface area contributed by atoms with Gasteiger partial charge in [-0.3, -0.25) is 18.7 Å². The highest BCUT2D eigenvalue weighted by molar-refractivity contribution is 7.71. The minimum Gasteiger partial charge on any atom is -0.319 e. The van der Waals surface area contributed by atoms with Crippen LogP contribution in [0.5, 0.6) is 0 Å². The summed E-state index contributed by atoms with van der Waals surface area (Å²) < 4.78 is 31.8. The molecule has 27 heavy (non-hydrogen) atoms. The van der Waals surface area contributed by atoms with Crippen LogP contribution in [0.2, 0.25) is 0 Å². The van der Waals surface area contributed by atoms with E-state index in [1.807, 2.05) is 0 Å². The predicted octanol–water partition coefficient (Wildman–Crippen LogP) is 4.77. The standard InChI is InChI=1S/C17H34O8P2/c1-24-27(23,25-2)17(19)15-13-11-9-7-5-3-4-6-8-10-12-14-16(18)26(20,21)22/h3-15H2,1-2H3,(H2,20,21,22). The number of hydrogen-bond donors (Lipinski definition) is 2. The van der Waals surface area contributed by atoms with Crippen LogP contribution in [0, 0.1) is 0 Å². The van der Waals surface area contributed by atoms with Crippen molar-refractivity contribution in [3.8, 4) is 0 Å². The Kier molecular flexibility index (Phi) is 14.4. The summed E-state index contributed by atoms with van der Waals surface area (Å²) in [5.41, 5.74) is -1.42. The van der Waals surface area contributed by atoms with Crippen molar-refractivity contribution in [3.05, 3.63) is 0 Å². The highest BCUT2D eigenvalue weighted by Crippen LogP contribution is 2.48. The number of unbranched alkanes of at least 4 members (excludes halogenated alkanes) is 10. The molecule has 0 unspecified atom stereocenters. The van der Waals surface area contributed by atoms with Crippen molar-refractivity contribution in [1.82, 2.24) is 0 Å². The Bertz CT molecular complexity index is 521. The van der Waals surface area contributed by atoms with Gasteiger partial charge >= 0.3 is 15.2 Å². The van der Waals surface area contributed by atoms with Crippen molar-refractivity contribution in [2.75, 3.05) is 14.2 Å². The lowest BCUT2D eigenvalue weighted by atomic mass is 10.0. The molecule has 0 heterocycles. The summed E-state index contributed by atoms with van der Waals surface area (Å²) in [5.74, 6) is 0. The van der Waals surface area contributed by atoms with Gasteiger partial charge < -0.3 is 18.8 Å². The molecule has 0 aliphatic heterocycles. The van der Waals surface area contributed by atoms with Gasteiger partial charge in [0.05, 0.1) is 0 Å². The molecule has 8 nitrogen and oxygen atoms in total. The fourth-order valence-corrected chi connectivity index (χ4v) is 4.14. The third-order valence-electron chi connectivity index (χ3n) is 4.39. The minimum absolute atomic E-state index is 0.0446. The summed E-state index contributed by atoms with van der Waals surface area (Å²) >= 11 is 0. The van der Waals surface area contributed by atoms with Crippen LogP contribution in [0.4, 0.5) is 0 Å². The molecule has 0 aromatic carbocycles. The van der Waals surface area contributed by atoms with Crippen LogP contribution in [-0.4, -0.2) is 35.1 Å². The van der Waals surface area contributed by atoms with E-state index in [0.29, 0.717) is 12.8 Å². The zero-order valence-electron chi connectivity index (χ0n) is 16.4. The summed E-state index contributed by atoms with van der Waals surface area (Å²) in [5, 5.41) is 0. The molecule has 0 fully saturated rings. The van der Waals surface area contributed by atoms with Gasteiger partial charge in [0.25, 0.3) is 0 Å². The highest BCUT2D eigenvalue weighted by Gasteiger charge is 2.30. The summed E-state index contributed by atoms with van der Waals surface area (Å²) in [7, 11) is -5.68. The zero-order valence-corrected chi connectivity index (χ0v) is 18.2. The Morgan fingerprint density at radius 2 is 0.926 bits per heavy atom. The molecular formula is C17H34O8P2. The van der Waals surface area contributed by atoms with Crippen molar-refractivity contribution in [3.63, 3.8) is 0 Å². The number of carbonyl (C=O) groups is 2. The van der Waals surface area contributed by atoms with E-state index < -0.39 is 26.2 Å². The Balaban J connectivity index is 3.44. The zero-order chi connectivity index (χ0) is 20.8. The Labute approximate surface area is 162 Å². The fourth-order valence-electron chi connectivity index (χ4n) is 2.70. The lowest BCUT2D eigenvalue weighted by Gasteiger charge is -2.11. The molecule has 0 rings (SSSR count). The van der Waals surface area contributed by atoms with Gasteiger partial charge in [0.2, 0.25) is 11.0 Å². The minimum atomic E-state index is -4.54. The molecule has 0 amide bonds. The van der Waals surface area contributed by atoms with Crippen molar-refractivity contribution < 1.29 is 37.6 Å². The van der Waals surface area contributed by atoms with Crippen LogP contribution in [0.25, 0.3) is 0 Å². The normalized spacial score (nSPS) is 12.3. The maximum absolute atomic E-state index is 11.8. The molecule has 0 atom stereocenters. The average Bonchev–Trinajstić information content (AvgIpc) is 2.63. The second kappa shape index (κ2) is 14.6. The van der Waals surface area contributed by atoms with E-state index >= 15 is 0 Å². The van der Waals surface area contributed by atoms with Gasteiger partial charge in [-0.2, -0.15) is 0 Å². The Morgan fingerprint density at radius 3 is 1.22 bits per heavy atom. The summed E-state index contributed by atoms with van der Waals surface area (Å²) in [6, 6.07) is 0. The van der Waals surface area contributed by atoms with Crippen LogP contribution < -0.4 is 0 Å². The maximum Gasteiger partial charge on any atom is 0.396 e. The van der Waals surface area contributed by atoms with E-state index in [0.717, 1.165) is 57.8 Å². The second-order valence-corrected chi connectivity index (χ2v) is 10.4. The van der Waals surface area contributed by atoms with Gasteiger partial charge in [0.1, 0.15) is 0 Å². The van der Waals surface area contributed by atoms with Crippen LogP contribution in [0.15, 0.2) is 0 Å². The molecule has 0 spiro atoms. The fraction of sp³-hybridized carbons (Fsp3) is 0.882. The number of carbonyl (C=O) groups excluding carboxylic acids is 2. The van der Waals surface area contributed by atoms with Crippen LogP contribution in [-0.2, 0) is 27.8 Å². The van der Waals surface area contributed by atoms with Gasteiger partial charge in [-0.05, 0) is 12.8 Å². The molecule has 0 aromatic rings. The number of rotatable bonds is 18.